The first-order valence-electron chi connectivity index (χ1n) is 12.4. The van der Waals surface area contributed by atoms with Gasteiger partial charge in [-0.3, -0.25) is 5.10 Å². The predicted octanol–water partition coefficient (Wildman–Crippen LogP) is 3.60. The van der Waals surface area contributed by atoms with Gasteiger partial charge < -0.3 is 15.4 Å². The van der Waals surface area contributed by atoms with Gasteiger partial charge in [0.2, 0.25) is 16.0 Å². The third-order valence-electron chi connectivity index (χ3n) is 7.39. The molecule has 186 valence electrons. The molecular formula is C23H35N7O3S. The molecule has 3 aliphatic rings. The molecule has 4 atom stereocenters. The van der Waals surface area contributed by atoms with Crippen LogP contribution in [0.15, 0.2) is 6.07 Å². The molecule has 3 fully saturated rings. The number of nitrogens with one attached hydrogen (secondary N) is 3. The molecule has 2 aromatic heterocycles. The van der Waals surface area contributed by atoms with Crippen molar-refractivity contribution in [3.05, 3.63) is 23.0 Å². The second-order valence-electron chi connectivity index (χ2n) is 9.64. The summed E-state index contributed by atoms with van der Waals surface area (Å²) in [6.07, 6.45) is 6.26. The van der Waals surface area contributed by atoms with Gasteiger partial charge in [-0.1, -0.05) is 6.42 Å². The maximum Gasteiger partial charge on any atom is 0.224 e. The second kappa shape index (κ2) is 9.43. The Bertz CT molecular complexity index is 1120. The number of aryl methyl sites for hydroxylation is 1. The fourth-order valence-electron chi connectivity index (χ4n) is 5.92. The molecule has 3 aliphatic heterocycles. The minimum Gasteiger partial charge on any atom is -0.372 e. The molecule has 5 heterocycles. The molecule has 0 amide bonds. The van der Waals surface area contributed by atoms with E-state index in [0.717, 1.165) is 74.3 Å². The molecule has 34 heavy (non-hydrogen) atoms. The highest BCUT2D eigenvalue weighted by molar-refractivity contribution is 7.89. The van der Waals surface area contributed by atoms with Gasteiger partial charge in [-0.15, -0.1) is 0 Å². The fourth-order valence-corrected chi connectivity index (χ4v) is 7.51. The molecule has 3 saturated heterocycles. The van der Waals surface area contributed by atoms with Gasteiger partial charge in [-0.2, -0.15) is 14.4 Å². The molecule has 11 heteroatoms. The third kappa shape index (κ3) is 4.40. The van der Waals surface area contributed by atoms with Crippen molar-refractivity contribution in [1.29, 1.82) is 0 Å². The number of aromatic amines is 1. The van der Waals surface area contributed by atoms with Crippen molar-refractivity contribution in [2.45, 2.75) is 82.9 Å². The first-order chi connectivity index (χ1) is 16.4. The summed E-state index contributed by atoms with van der Waals surface area (Å²) in [5.41, 5.74) is 2.93. The third-order valence-corrected chi connectivity index (χ3v) is 9.36. The summed E-state index contributed by atoms with van der Waals surface area (Å²) >= 11 is 0. The van der Waals surface area contributed by atoms with E-state index in [0.29, 0.717) is 11.8 Å². The topological polar surface area (TPSA) is 125 Å². The van der Waals surface area contributed by atoms with Crippen molar-refractivity contribution in [2.75, 3.05) is 30.0 Å². The fraction of sp³-hybridized carbons (Fsp3) is 0.696. The van der Waals surface area contributed by atoms with E-state index in [9.17, 15) is 8.42 Å². The van der Waals surface area contributed by atoms with Gasteiger partial charge in [0.05, 0.1) is 11.4 Å². The molecule has 5 rings (SSSR count). The molecule has 10 nitrogen and oxygen atoms in total. The Hall–Kier alpha value is -2.24. The Labute approximate surface area is 201 Å². The number of fused-ring (bicyclic) bond motifs is 2. The standard InChI is InChI=1S/C23H35N7O3S/c1-4-34(31,32)30-16-7-5-8-17(30)13-15(12-16)20-21(18-9-6-10-33-18)26-23(24-3)27-22(20)25-19-11-14(2)28-29-19/h11,15-18H,4-10,12-13H2,1-3H3,(H3,24,25,26,27,28,29)/t15?,16-,17+,18?. The number of rotatable bonds is 7. The average Bonchev–Trinajstić information content (AvgIpc) is 3.49. The molecule has 2 bridgehead atoms. The number of hydrogen-bond acceptors (Lipinski definition) is 8. The van der Waals surface area contributed by atoms with E-state index in [1.54, 1.807) is 6.92 Å². The van der Waals surface area contributed by atoms with E-state index in [4.69, 9.17) is 14.7 Å². The highest BCUT2D eigenvalue weighted by atomic mass is 32.2. The average molecular weight is 490 g/mol. The number of nitrogens with zero attached hydrogens (tertiary/aromatic N) is 4. The van der Waals surface area contributed by atoms with Crippen LogP contribution in [-0.4, -0.2) is 64.4 Å². The monoisotopic (exact) mass is 489 g/mol. The van der Waals surface area contributed by atoms with Crippen LogP contribution in [0.3, 0.4) is 0 Å². The zero-order valence-electron chi connectivity index (χ0n) is 20.2. The van der Waals surface area contributed by atoms with E-state index < -0.39 is 10.0 Å². The maximum atomic E-state index is 12.9. The number of piperidine rings is 2. The number of hydrogen-bond donors (Lipinski definition) is 3. The van der Waals surface area contributed by atoms with Crippen LogP contribution in [0.25, 0.3) is 0 Å². The maximum absolute atomic E-state index is 12.9. The van der Waals surface area contributed by atoms with Gasteiger partial charge in [-0.25, -0.2) is 13.4 Å². The summed E-state index contributed by atoms with van der Waals surface area (Å²) in [6, 6.07) is 1.98. The SMILES string of the molecule is CCS(=O)(=O)N1[C@@H]2CCC[C@H]1CC(c1c(Nc3cc(C)[nH]n3)nc(NC)nc1C1CCCO1)C2. The molecule has 0 aromatic carbocycles. The lowest BCUT2D eigenvalue weighted by atomic mass is 9.76. The van der Waals surface area contributed by atoms with Gasteiger partial charge >= 0.3 is 0 Å². The Morgan fingerprint density at radius 1 is 1.18 bits per heavy atom. The van der Waals surface area contributed by atoms with Gasteiger partial charge in [0.25, 0.3) is 0 Å². The highest BCUT2D eigenvalue weighted by Gasteiger charge is 2.45. The molecule has 0 radical (unpaired) electrons. The van der Waals surface area contributed by atoms with E-state index in [1.165, 1.54) is 0 Å². The summed E-state index contributed by atoms with van der Waals surface area (Å²) < 4.78 is 33.8. The van der Waals surface area contributed by atoms with Crippen molar-refractivity contribution < 1.29 is 13.2 Å². The number of aromatic nitrogens is 4. The van der Waals surface area contributed by atoms with Crippen LogP contribution in [0.1, 0.15) is 80.8 Å². The zero-order chi connectivity index (χ0) is 23.9. The summed E-state index contributed by atoms with van der Waals surface area (Å²) in [7, 11) is -1.43. The lowest BCUT2D eigenvalue weighted by molar-refractivity contribution is 0.0982. The lowest BCUT2D eigenvalue weighted by Gasteiger charge is -2.48. The van der Waals surface area contributed by atoms with E-state index >= 15 is 0 Å². The second-order valence-corrected chi connectivity index (χ2v) is 11.8. The van der Waals surface area contributed by atoms with Crippen molar-refractivity contribution >= 4 is 27.6 Å². The quantitative estimate of drug-likeness (QED) is 0.539. The van der Waals surface area contributed by atoms with Gasteiger partial charge in [0.1, 0.15) is 11.9 Å². The number of ether oxygens (including phenoxy) is 1. The largest absolute Gasteiger partial charge is 0.372 e. The predicted molar refractivity (Wildman–Crippen MR) is 131 cm³/mol. The Balaban J connectivity index is 1.58. The van der Waals surface area contributed by atoms with Crippen molar-refractivity contribution in [3.8, 4) is 0 Å². The summed E-state index contributed by atoms with van der Waals surface area (Å²) in [6.45, 7) is 4.43. The molecule has 0 saturated carbocycles. The summed E-state index contributed by atoms with van der Waals surface area (Å²) in [5, 5.41) is 13.9. The molecule has 2 aromatic rings. The van der Waals surface area contributed by atoms with Crippen LogP contribution in [-0.2, 0) is 14.8 Å². The van der Waals surface area contributed by atoms with Gasteiger partial charge in [-0.05, 0) is 58.3 Å². The van der Waals surface area contributed by atoms with Crippen LogP contribution in [0.4, 0.5) is 17.6 Å². The number of H-pyrrole nitrogens is 1. The Morgan fingerprint density at radius 2 is 1.94 bits per heavy atom. The minimum atomic E-state index is -3.24. The molecule has 0 aliphatic carbocycles. The van der Waals surface area contributed by atoms with Crippen molar-refractivity contribution in [3.63, 3.8) is 0 Å². The zero-order valence-corrected chi connectivity index (χ0v) is 21.0. The Kier molecular flexibility index (Phi) is 6.51. The van der Waals surface area contributed by atoms with Crippen LogP contribution in [0.5, 0.6) is 0 Å². The molecule has 0 spiro atoms. The smallest absolute Gasteiger partial charge is 0.224 e. The first kappa shape index (κ1) is 23.5. The molecule has 3 N–H and O–H groups in total. The van der Waals surface area contributed by atoms with Gasteiger partial charge in [0, 0.05) is 43.1 Å². The Morgan fingerprint density at radius 3 is 2.53 bits per heavy atom. The molecular weight excluding hydrogens is 454 g/mol. The highest BCUT2D eigenvalue weighted by Crippen LogP contribution is 2.47. The van der Waals surface area contributed by atoms with Crippen molar-refractivity contribution in [1.82, 2.24) is 24.5 Å². The van der Waals surface area contributed by atoms with Crippen LogP contribution in [0.2, 0.25) is 0 Å². The number of sulfonamides is 1. The van der Waals surface area contributed by atoms with E-state index in [2.05, 4.69) is 20.8 Å². The van der Waals surface area contributed by atoms with Crippen LogP contribution >= 0.6 is 0 Å². The molecule has 2 unspecified atom stereocenters. The van der Waals surface area contributed by atoms with E-state index in [1.807, 2.05) is 24.3 Å². The minimum absolute atomic E-state index is 0.0178. The summed E-state index contributed by atoms with van der Waals surface area (Å²) in [5.74, 6) is 2.26. The lowest BCUT2D eigenvalue weighted by Crippen LogP contribution is -2.54. The normalized spacial score (nSPS) is 27.6. The van der Waals surface area contributed by atoms with Crippen LogP contribution in [0, 0.1) is 6.92 Å². The van der Waals surface area contributed by atoms with Crippen molar-refractivity contribution in [2.24, 2.45) is 0 Å². The summed E-state index contributed by atoms with van der Waals surface area (Å²) in [4.78, 5) is 9.69. The van der Waals surface area contributed by atoms with Crippen LogP contribution < -0.4 is 10.6 Å². The number of anilines is 3. The van der Waals surface area contributed by atoms with Gasteiger partial charge in [0.15, 0.2) is 5.82 Å². The van der Waals surface area contributed by atoms with E-state index in [-0.39, 0.29) is 29.9 Å². The first-order valence-corrected chi connectivity index (χ1v) is 14.0.